The Morgan fingerprint density at radius 2 is 1.50 bits per heavy atom. The summed E-state index contributed by atoms with van der Waals surface area (Å²) in [5, 5.41) is 0. The van der Waals surface area contributed by atoms with Gasteiger partial charge in [0.1, 0.15) is 12.4 Å². The summed E-state index contributed by atoms with van der Waals surface area (Å²) in [6.07, 6.45) is 13.9. The fourth-order valence-corrected chi connectivity index (χ4v) is 4.28. The van der Waals surface area contributed by atoms with Crippen molar-refractivity contribution in [2.24, 2.45) is 0 Å². The van der Waals surface area contributed by atoms with Crippen LogP contribution in [0, 0.1) is 5.82 Å². The lowest BCUT2D eigenvalue weighted by Crippen LogP contribution is -2.35. The van der Waals surface area contributed by atoms with Gasteiger partial charge in [-0.15, -0.1) is 0 Å². The predicted molar refractivity (Wildman–Crippen MR) is 110 cm³/mol. The second-order valence-corrected chi connectivity index (χ2v) is 8.35. The van der Waals surface area contributed by atoms with Gasteiger partial charge in [0, 0.05) is 47.2 Å². The maximum atomic E-state index is 13.3. The van der Waals surface area contributed by atoms with Crippen molar-refractivity contribution in [3.63, 3.8) is 0 Å². The molecule has 0 saturated heterocycles. The van der Waals surface area contributed by atoms with Crippen LogP contribution >= 0.6 is 0 Å². The first-order valence-corrected chi connectivity index (χ1v) is 10.4. The molecule has 3 heteroatoms. The number of fused-ring (bicyclic) bond motifs is 3. The molecule has 0 unspecified atom stereocenters. The summed E-state index contributed by atoms with van der Waals surface area (Å²) in [7, 11) is 0. The molecule has 3 aromatic rings. The van der Waals surface area contributed by atoms with Crippen LogP contribution in [0.2, 0.25) is 0 Å². The van der Waals surface area contributed by atoms with Gasteiger partial charge < -0.3 is 0 Å². The van der Waals surface area contributed by atoms with Crippen molar-refractivity contribution in [2.75, 3.05) is 0 Å². The van der Waals surface area contributed by atoms with Crippen molar-refractivity contribution < 1.29 is 13.5 Å². The molecule has 0 spiro atoms. The van der Waals surface area contributed by atoms with Gasteiger partial charge in [0.2, 0.25) is 5.69 Å². The van der Waals surface area contributed by atoms with Crippen LogP contribution in [0.25, 0.3) is 16.8 Å². The maximum absolute atomic E-state index is 13.3. The average molecular weight is 377 g/mol. The van der Waals surface area contributed by atoms with Gasteiger partial charge in [-0.25, -0.2) is 8.96 Å². The zero-order valence-electron chi connectivity index (χ0n) is 17.1. The van der Waals surface area contributed by atoms with Gasteiger partial charge in [0.15, 0.2) is 24.8 Å². The lowest BCUT2D eigenvalue weighted by atomic mass is 9.84. The van der Waals surface area contributed by atoms with Crippen molar-refractivity contribution in [2.45, 2.75) is 58.4 Å². The van der Waals surface area contributed by atoms with Gasteiger partial charge in [-0.05, 0) is 29.7 Å². The number of halogens is 1. The van der Waals surface area contributed by atoms with E-state index in [2.05, 4.69) is 66.8 Å². The Kier molecular flexibility index (Phi) is 5.01. The normalized spacial score (nSPS) is 14.0. The van der Waals surface area contributed by atoms with E-state index in [4.69, 9.17) is 0 Å². The zero-order chi connectivity index (χ0) is 19.7. The number of aryl methyl sites for hydroxylation is 1. The molecule has 2 aromatic heterocycles. The van der Waals surface area contributed by atoms with E-state index in [1.165, 1.54) is 60.1 Å². The lowest BCUT2D eigenvalue weighted by molar-refractivity contribution is -0.697. The summed E-state index contributed by atoms with van der Waals surface area (Å²) in [6.45, 7) is 7.93. The molecule has 4 rings (SSSR count). The molecule has 144 valence electrons. The van der Waals surface area contributed by atoms with Gasteiger partial charge in [-0.2, -0.15) is 4.57 Å². The molecule has 1 aliphatic rings. The molecule has 1 aliphatic carbocycles. The Balaban J connectivity index is 1.67. The third kappa shape index (κ3) is 3.34. The highest BCUT2D eigenvalue weighted by atomic mass is 19.1. The summed E-state index contributed by atoms with van der Waals surface area (Å²) in [5.41, 5.74) is 6.25. The van der Waals surface area contributed by atoms with E-state index in [0.29, 0.717) is 0 Å². The molecule has 2 heterocycles. The second-order valence-electron chi connectivity index (χ2n) is 8.35. The minimum absolute atomic E-state index is 0.0554. The van der Waals surface area contributed by atoms with Crippen LogP contribution in [0.3, 0.4) is 0 Å². The summed E-state index contributed by atoms with van der Waals surface area (Å²) >= 11 is 0. The van der Waals surface area contributed by atoms with Gasteiger partial charge in [0.05, 0.1) is 0 Å². The smallest absolute Gasteiger partial charge is 0.207 e. The number of rotatable bonds is 6. The monoisotopic (exact) mass is 376 g/mol. The molecule has 0 N–H and O–H groups in total. The van der Waals surface area contributed by atoms with Crippen molar-refractivity contribution in [1.29, 1.82) is 0 Å². The summed E-state index contributed by atoms with van der Waals surface area (Å²) in [6, 6.07) is 11.1. The number of pyridine rings is 2. The number of aromatic nitrogens is 2. The van der Waals surface area contributed by atoms with Crippen molar-refractivity contribution in [3.05, 3.63) is 78.1 Å². The van der Waals surface area contributed by atoms with Crippen molar-refractivity contribution in [3.8, 4) is 16.8 Å². The number of hydrogen-bond acceptors (Lipinski definition) is 0. The van der Waals surface area contributed by atoms with Crippen LogP contribution in [-0.4, -0.2) is 0 Å². The Morgan fingerprint density at radius 1 is 0.821 bits per heavy atom. The first kappa shape index (κ1) is 18.8. The third-order valence-corrected chi connectivity index (χ3v) is 6.01. The summed E-state index contributed by atoms with van der Waals surface area (Å²) in [5.74, 6) is -0.207. The molecule has 0 radical (unpaired) electrons. The standard InChI is InChI=1S/C25H29FN2/c1-4-5-6-7-14-27-15-12-21-22-13-16-28(20-10-8-19(26)9-11-20)18-24(22)25(2,3)23(21)17-27/h8-13,15-18H,4-7,14H2,1-3H3/q+2. The summed E-state index contributed by atoms with van der Waals surface area (Å²) in [4.78, 5) is 0. The topological polar surface area (TPSA) is 7.76 Å². The van der Waals surface area contributed by atoms with Gasteiger partial charge in [-0.3, -0.25) is 0 Å². The van der Waals surface area contributed by atoms with Gasteiger partial charge in [0.25, 0.3) is 0 Å². The number of unbranched alkanes of at least 4 members (excludes halogenated alkanes) is 3. The van der Waals surface area contributed by atoms with E-state index in [9.17, 15) is 4.39 Å². The highest BCUT2D eigenvalue weighted by Crippen LogP contribution is 2.47. The van der Waals surface area contributed by atoms with E-state index in [0.717, 1.165) is 12.2 Å². The fraction of sp³-hybridized carbons (Fsp3) is 0.360. The molecule has 1 aromatic carbocycles. The second kappa shape index (κ2) is 7.46. The number of hydrogen-bond donors (Lipinski definition) is 0. The molecule has 0 aliphatic heterocycles. The Morgan fingerprint density at radius 3 is 2.21 bits per heavy atom. The van der Waals surface area contributed by atoms with E-state index in [-0.39, 0.29) is 11.2 Å². The summed E-state index contributed by atoms with van der Waals surface area (Å²) < 4.78 is 17.7. The van der Waals surface area contributed by atoms with Crippen molar-refractivity contribution >= 4 is 0 Å². The predicted octanol–water partition coefficient (Wildman–Crippen LogP) is 5.28. The molecule has 0 atom stereocenters. The zero-order valence-corrected chi connectivity index (χ0v) is 17.1. The van der Waals surface area contributed by atoms with Crippen LogP contribution in [0.1, 0.15) is 57.6 Å². The molecule has 0 saturated carbocycles. The molecular weight excluding hydrogens is 347 g/mol. The van der Waals surface area contributed by atoms with Crippen LogP contribution in [0.5, 0.6) is 0 Å². The fourth-order valence-electron chi connectivity index (χ4n) is 4.28. The first-order chi connectivity index (χ1) is 13.5. The SMILES string of the molecule is CCCCCC[n+]1ccc2c(c1)C(C)(C)c1c[n+](-c3ccc(F)cc3)ccc1-2. The number of benzene rings is 1. The molecule has 0 bridgehead atoms. The lowest BCUT2D eigenvalue weighted by Gasteiger charge is -2.18. The number of nitrogens with zero attached hydrogens (tertiary/aromatic N) is 2. The van der Waals surface area contributed by atoms with Crippen LogP contribution in [0.4, 0.5) is 4.39 Å². The Labute approximate surface area is 167 Å². The molecule has 2 nitrogen and oxygen atoms in total. The van der Waals surface area contributed by atoms with E-state index in [1.54, 1.807) is 0 Å². The van der Waals surface area contributed by atoms with E-state index < -0.39 is 0 Å². The molecule has 28 heavy (non-hydrogen) atoms. The Hall–Kier alpha value is -2.55. The molecule has 0 fully saturated rings. The largest absolute Gasteiger partial charge is 0.210 e. The van der Waals surface area contributed by atoms with Crippen LogP contribution in [-0.2, 0) is 12.0 Å². The van der Waals surface area contributed by atoms with Gasteiger partial charge >= 0.3 is 0 Å². The Bertz CT molecular complexity index is 990. The quantitative estimate of drug-likeness (QED) is 0.409. The van der Waals surface area contributed by atoms with Crippen LogP contribution in [0.15, 0.2) is 61.2 Å². The third-order valence-electron chi connectivity index (χ3n) is 6.01. The minimum Gasteiger partial charge on any atom is -0.207 e. The highest BCUT2D eigenvalue weighted by Gasteiger charge is 2.40. The highest BCUT2D eigenvalue weighted by molar-refractivity contribution is 5.78. The van der Waals surface area contributed by atoms with E-state index in [1.807, 2.05) is 12.1 Å². The first-order valence-electron chi connectivity index (χ1n) is 10.4. The van der Waals surface area contributed by atoms with Crippen molar-refractivity contribution in [1.82, 2.24) is 0 Å². The molecule has 0 amide bonds. The maximum Gasteiger partial charge on any atom is 0.210 e. The van der Waals surface area contributed by atoms with E-state index >= 15 is 0 Å². The van der Waals surface area contributed by atoms with Crippen LogP contribution < -0.4 is 9.13 Å². The minimum atomic E-state index is -0.207. The molecular formula is C25H29FN2+2. The van der Waals surface area contributed by atoms with Gasteiger partial charge in [-0.1, -0.05) is 33.6 Å². The average Bonchev–Trinajstić information content (AvgIpc) is 2.93.